The summed E-state index contributed by atoms with van der Waals surface area (Å²) in [6.07, 6.45) is -0.0329. The number of benzene rings is 2. The average molecular weight is 670 g/mol. The number of ether oxygens (including phenoxy) is 4. The van der Waals surface area contributed by atoms with Crippen molar-refractivity contribution >= 4 is 33.5 Å². The minimum atomic E-state index is -4.01. The topological polar surface area (TPSA) is 168 Å². The number of nitrogens with one attached hydrogen (secondary N) is 1. The van der Waals surface area contributed by atoms with E-state index >= 15 is 0 Å². The molecule has 252 valence electrons. The molecule has 2 aromatic carbocycles. The molecule has 2 aliphatic heterocycles. The van der Waals surface area contributed by atoms with Gasteiger partial charge in [-0.15, -0.1) is 9.19 Å². The molecule has 0 bridgehead atoms. The normalized spacial score (nSPS) is 22.4. The van der Waals surface area contributed by atoms with Crippen molar-refractivity contribution in [2.45, 2.75) is 88.4 Å². The number of aryl methyl sites for hydroxylation is 2. The Balaban J connectivity index is 1.42. The minimum absolute atomic E-state index is 0.0261. The van der Waals surface area contributed by atoms with Crippen LogP contribution in [-0.4, -0.2) is 83.4 Å². The van der Waals surface area contributed by atoms with Gasteiger partial charge in [-0.25, -0.2) is 0 Å². The zero-order valence-electron chi connectivity index (χ0n) is 27.3. The van der Waals surface area contributed by atoms with Gasteiger partial charge in [0.15, 0.2) is 5.79 Å². The lowest BCUT2D eigenvalue weighted by Crippen LogP contribution is -2.84. The molecular weight excluding hydrogens is 630 g/mol. The van der Waals surface area contributed by atoms with Gasteiger partial charge in [-0.3, -0.25) is 19.3 Å². The minimum Gasteiger partial charge on any atom is -0.497 e. The highest BCUT2D eigenvalue weighted by Gasteiger charge is 2.73. The van der Waals surface area contributed by atoms with Crippen molar-refractivity contribution in [3.63, 3.8) is 0 Å². The van der Waals surface area contributed by atoms with Gasteiger partial charge in [-0.1, -0.05) is 22.9 Å². The highest BCUT2D eigenvalue weighted by molar-refractivity contribution is 7.89. The van der Waals surface area contributed by atoms with Gasteiger partial charge in [0.2, 0.25) is 0 Å². The lowest BCUT2D eigenvalue weighted by atomic mass is 9.76. The van der Waals surface area contributed by atoms with Crippen molar-refractivity contribution in [3.05, 3.63) is 66.0 Å². The van der Waals surface area contributed by atoms with E-state index in [-0.39, 0.29) is 30.0 Å². The highest BCUT2D eigenvalue weighted by atomic mass is 32.2. The summed E-state index contributed by atoms with van der Waals surface area (Å²) in [5.41, 5.74) is -1.54. The van der Waals surface area contributed by atoms with E-state index < -0.39 is 56.9 Å². The average Bonchev–Trinajstić information content (AvgIpc) is 3.63. The predicted molar refractivity (Wildman–Crippen MR) is 168 cm³/mol. The Kier molecular flexibility index (Phi) is 8.94. The van der Waals surface area contributed by atoms with Crippen molar-refractivity contribution in [2.24, 2.45) is 0 Å². The Morgan fingerprint density at radius 3 is 2.32 bits per heavy atom. The number of methoxy groups -OCH3 is 1. The summed E-state index contributed by atoms with van der Waals surface area (Å²) in [5.74, 6) is -2.90. The van der Waals surface area contributed by atoms with Crippen molar-refractivity contribution in [1.29, 1.82) is 0 Å². The Bertz CT molecular complexity index is 1770. The molecule has 15 heteroatoms. The van der Waals surface area contributed by atoms with Crippen LogP contribution in [0.2, 0.25) is 0 Å². The molecule has 2 saturated heterocycles. The van der Waals surface area contributed by atoms with Gasteiger partial charge in [0, 0.05) is 17.6 Å². The van der Waals surface area contributed by atoms with Crippen LogP contribution in [0.1, 0.15) is 52.3 Å². The molecule has 0 spiro atoms. The molecule has 3 atom stereocenters. The third kappa shape index (κ3) is 6.73. The molecule has 14 nitrogen and oxygen atoms in total. The molecule has 2 aliphatic rings. The van der Waals surface area contributed by atoms with E-state index in [4.69, 9.17) is 18.9 Å². The molecule has 1 aromatic heterocycles. The third-order valence-electron chi connectivity index (χ3n) is 7.74. The van der Waals surface area contributed by atoms with Crippen molar-refractivity contribution in [1.82, 2.24) is 19.7 Å². The fraction of sp³-hybridized carbons (Fsp3) is 0.469. The van der Waals surface area contributed by atoms with Crippen molar-refractivity contribution in [3.8, 4) is 5.75 Å². The molecule has 3 aromatic rings. The van der Waals surface area contributed by atoms with Gasteiger partial charge in [0.1, 0.15) is 17.9 Å². The number of hydrogen-bond acceptors (Lipinski definition) is 11. The Hall–Kier alpha value is -4.34. The molecular formula is C32H39N5O9S. The second-order valence-corrected chi connectivity index (χ2v) is 14.8. The smallest absolute Gasteiger partial charge is 0.307 e. The molecule has 0 radical (unpaired) electrons. The monoisotopic (exact) mass is 669 g/mol. The summed E-state index contributed by atoms with van der Waals surface area (Å²) in [6.45, 7) is 10.5. The van der Waals surface area contributed by atoms with Crippen LogP contribution in [0.3, 0.4) is 0 Å². The number of carbonyl (C=O) groups excluding carboxylic acids is 3. The van der Waals surface area contributed by atoms with Crippen molar-refractivity contribution < 1.29 is 41.7 Å². The summed E-state index contributed by atoms with van der Waals surface area (Å²) < 4.78 is 49.8. The summed E-state index contributed by atoms with van der Waals surface area (Å²) in [6, 6.07) is 11.8. The summed E-state index contributed by atoms with van der Waals surface area (Å²) in [5, 5.41) is 10.5. The van der Waals surface area contributed by atoms with Crippen LogP contribution >= 0.6 is 0 Å². The van der Waals surface area contributed by atoms with Crippen LogP contribution in [0, 0.1) is 6.92 Å². The van der Waals surface area contributed by atoms with E-state index in [0.717, 1.165) is 9.65 Å². The maximum atomic E-state index is 14.1. The maximum absolute atomic E-state index is 14.1. The van der Waals surface area contributed by atoms with Crippen LogP contribution in [0.4, 0.5) is 5.69 Å². The largest absolute Gasteiger partial charge is 0.497 e. The second kappa shape index (κ2) is 12.4. The third-order valence-corrected chi connectivity index (χ3v) is 9.28. The van der Waals surface area contributed by atoms with Gasteiger partial charge in [-0.05, 0) is 77.9 Å². The molecule has 0 saturated carbocycles. The fourth-order valence-electron chi connectivity index (χ4n) is 5.47. The number of β-lactam (4-membered cyclic amide) rings is 1. The van der Waals surface area contributed by atoms with Crippen LogP contribution in [0.5, 0.6) is 5.75 Å². The summed E-state index contributed by atoms with van der Waals surface area (Å²) >= 11 is 0. The summed E-state index contributed by atoms with van der Waals surface area (Å²) in [4.78, 5) is 43.0. The lowest BCUT2D eigenvalue weighted by Gasteiger charge is -2.55. The van der Waals surface area contributed by atoms with E-state index in [2.05, 4.69) is 15.6 Å². The van der Waals surface area contributed by atoms with E-state index in [1.165, 1.54) is 30.3 Å². The van der Waals surface area contributed by atoms with Crippen molar-refractivity contribution in [2.75, 3.05) is 18.6 Å². The van der Waals surface area contributed by atoms with Gasteiger partial charge in [0.05, 0.1) is 36.9 Å². The first-order chi connectivity index (χ1) is 22.0. The van der Waals surface area contributed by atoms with Gasteiger partial charge >= 0.3 is 5.97 Å². The van der Waals surface area contributed by atoms with Crippen LogP contribution < -0.4 is 15.0 Å². The first-order valence-electron chi connectivity index (χ1n) is 15.0. The fourth-order valence-corrected chi connectivity index (χ4v) is 6.56. The standard InChI is InChI=1S/C32H39N5O9S/c1-20-8-15-24(16-9-20)47(41,42)36-18-21(34-35-36)10-17-26(38)46-32(28(39)33-30(2,3)4)27(25-19-44-31(5,6)45-25)37(29(32)40)22-11-13-23(43-7)14-12-22/h8-9,11-16,18,25,27H,10,17,19H2,1-7H3,(H,33,39)/t25-,27+,32+/m1/s1. The molecule has 2 amide bonds. The van der Waals surface area contributed by atoms with Crippen LogP contribution in [0.15, 0.2) is 59.6 Å². The van der Waals surface area contributed by atoms with Gasteiger partial charge in [-0.2, -0.15) is 8.42 Å². The molecule has 2 fully saturated rings. The van der Waals surface area contributed by atoms with Gasteiger partial charge < -0.3 is 24.3 Å². The zero-order valence-corrected chi connectivity index (χ0v) is 28.2. The quantitative estimate of drug-likeness (QED) is 0.191. The number of esters is 1. The van der Waals surface area contributed by atoms with E-state index in [0.29, 0.717) is 11.4 Å². The first kappa shape index (κ1) is 34.0. The van der Waals surface area contributed by atoms with E-state index in [1.54, 1.807) is 71.0 Å². The molecule has 0 unspecified atom stereocenters. The number of nitrogens with zero attached hydrogens (tertiary/aromatic N) is 4. The van der Waals surface area contributed by atoms with E-state index in [1.807, 2.05) is 6.92 Å². The lowest BCUT2D eigenvalue weighted by molar-refractivity contribution is -0.196. The number of carbonyl (C=O) groups is 3. The highest BCUT2D eigenvalue weighted by Crippen LogP contribution is 2.45. The van der Waals surface area contributed by atoms with Crippen LogP contribution in [0.25, 0.3) is 0 Å². The number of rotatable bonds is 10. The Labute approximate surface area is 273 Å². The summed E-state index contributed by atoms with van der Waals surface area (Å²) in [7, 11) is -2.49. The number of amides is 2. The Morgan fingerprint density at radius 1 is 1.09 bits per heavy atom. The molecule has 3 heterocycles. The number of hydrogen-bond donors (Lipinski definition) is 1. The maximum Gasteiger partial charge on any atom is 0.307 e. The van der Waals surface area contributed by atoms with E-state index in [9.17, 15) is 22.8 Å². The second-order valence-electron chi connectivity index (χ2n) is 13.0. The predicted octanol–water partition coefficient (Wildman–Crippen LogP) is 2.53. The number of aromatic nitrogens is 3. The van der Waals surface area contributed by atoms with Gasteiger partial charge in [0.25, 0.3) is 27.4 Å². The van der Waals surface area contributed by atoms with Crippen LogP contribution in [-0.2, 0) is 45.0 Å². The molecule has 0 aliphatic carbocycles. The first-order valence-corrected chi connectivity index (χ1v) is 16.5. The zero-order chi connectivity index (χ0) is 34.4. The SMILES string of the molecule is COc1ccc(N2C(=O)[C@@](OC(=O)CCc3cn(S(=O)(=O)c4ccc(C)cc4)nn3)(C(=O)NC(C)(C)C)[C@@H]2[C@H]2COC(C)(C)O2)cc1. The molecule has 47 heavy (non-hydrogen) atoms. The molecule has 1 N–H and O–H groups in total. The molecule has 5 rings (SSSR count). The Morgan fingerprint density at radius 2 is 1.74 bits per heavy atom. The number of anilines is 1.